The predicted octanol–water partition coefficient (Wildman–Crippen LogP) is 3.00. The van der Waals surface area contributed by atoms with Crippen LogP contribution in [0.3, 0.4) is 0 Å². The minimum absolute atomic E-state index is 0.164. The highest BCUT2D eigenvalue weighted by Crippen LogP contribution is 2.21. The van der Waals surface area contributed by atoms with Crippen LogP contribution in [-0.2, 0) is 4.79 Å². The number of ether oxygens (including phenoxy) is 1. The number of carbonyl (C=O) groups excluding carboxylic acids is 2. The van der Waals surface area contributed by atoms with Crippen molar-refractivity contribution in [1.29, 1.82) is 0 Å². The van der Waals surface area contributed by atoms with Crippen molar-refractivity contribution >= 4 is 28.4 Å². The monoisotopic (exact) mass is 349 g/mol. The van der Waals surface area contributed by atoms with Gasteiger partial charge in [-0.2, -0.15) is 0 Å². The third-order valence-electron chi connectivity index (χ3n) is 3.91. The van der Waals surface area contributed by atoms with Crippen molar-refractivity contribution < 1.29 is 14.3 Å². The number of aromatic nitrogens is 1. The van der Waals surface area contributed by atoms with E-state index in [4.69, 9.17) is 4.74 Å². The lowest BCUT2D eigenvalue weighted by molar-refractivity contribution is -0.116. The van der Waals surface area contributed by atoms with Gasteiger partial charge in [-0.05, 0) is 36.4 Å². The molecule has 3 rings (SSSR count). The SMILES string of the molecule is COc1ccccc1C(=O)NCCC(=O)Nc1cccc2ncccc12. The highest BCUT2D eigenvalue weighted by molar-refractivity contribution is 6.01. The van der Waals surface area contributed by atoms with Crippen molar-refractivity contribution in [3.05, 3.63) is 66.4 Å². The van der Waals surface area contributed by atoms with Gasteiger partial charge in [-0.3, -0.25) is 14.6 Å². The maximum atomic E-state index is 12.2. The topological polar surface area (TPSA) is 80.3 Å². The number of para-hydroxylation sites is 1. The van der Waals surface area contributed by atoms with E-state index in [9.17, 15) is 9.59 Å². The molecule has 0 aliphatic heterocycles. The van der Waals surface area contributed by atoms with Gasteiger partial charge < -0.3 is 15.4 Å². The van der Waals surface area contributed by atoms with Crippen LogP contribution in [0.2, 0.25) is 0 Å². The lowest BCUT2D eigenvalue weighted by atomic mass is 10.1. The van der Waals surface area contributed by atoms with Crippen LogP contribution < -0.4 is 15.4 Å². The normalized spacial score (nSPS) is 10.3. The van der Waals surface area contributed by atoms with E-state index >= 15 is 0 Å². The third-order valence-corrected chi connectivity index (χ3v) is 3.91. The molecule has 0 radical (unpaired) electrons. The van der Waals surface area contributed by atoms with E-state index in [-0.39, 0.29) is 24.8 Å². The fourth-order valence-electron chi connectivity index (χ4n) is 2.64. The number of anilines is 1. The summed E-state index contributed by atoms with van der Waals surface area (Å²) in [4.78, 5) is 28.7. The predicted molar refractivity (Wildman–Crippen MR) is 100 cm³/mol. The number of benzene rings is 2. The highest BCUT2D eigenvalue weighted by Gasteiger charge is 2.12. The Kier molecular flexibility index (Phi) is 5.43. The van der Waals surface area contributed by atoms with Crippen molar-refractivity contribution in [1.82, 2.24) is 10.3 Å². The number of methoxy groups -OCH3 is 1. The Labute approximate surface area is 151 Å². The van der Waals surface area contributed by atoms with E-state index in [0.717, 1.165) is 10.9 Å². The van der Waals surface area contributed by atoms with E-state index in [1.807, 2.05) is 30.3 Å². The molecule has 2 aromatic carbocycles. The molecule has 0 aliphatic carbocycles. The van der Waals surface area contributed by atoms with E-state index < -0.39 is 0 Å². The minimum atomic E-state index is -0.274. The zero-order valence-electron chi connectivity index (χ0n) is 14.4. The van der Waals surface area contributed by atoms with Crippen molar-refractivity contribution in [2.24, 2.45) is 0 Å². The van der Waals surface area contributed by atoms with Crippen LogP contribution in [0.1, 0.15) is 16.8 Å². The molecule has 0 aliphatic rings. The summed E-state index contributed by atoms with van der Waals surface area (Å²) in [6.45, 7) is 0.228. The second kappa shape index (κ2) is 8.11. The number of rotatable bonds is 6. The summed E-state index contributed by atoms with van der Waals surface area (Å²) in [7, 11) is 1.51. The Bertz CT molecular complexity index is 935. The smallest absolute Gasteiger partial charge is 0.255 e. The number of hydrogen-bond donors (Lipinski definition) is 2. The van der Waals surface area contributed by atoms with Gasteiger partial charge in [0.2, 0.25) is 5.91 Å². The van der Waals surface area contributed by atoms with Crippen LogP contribution in [0.4, 0.5) is 5.69 Å². The molecule has 1 heterocycles. The summed E-state index contributed by atoms with van der Waals surface area (Å²) in [6.07, 6.45) is 1.87. The summed E-state index contributed by atoms with van der Waals surface area (Å²) in [5.74, 6) is 0.0454. The molecule has 0 saturated heterocycles. The summed E-state index contributed by atoms with van der Waals surface area (Å²) < 4.78 is 5.17. The van der Waals surface area contributed by atoms with Gasteiger partial charge >= 0.3 is 0 Å². The molecule has 0 fully saturated rings. The Balaban J connectivity index is 1.57. The summed E-state index contributed by atoms with van der Waals surface area (Å²) in [5.41, 5.74) is 1.96. The van der Waals surface area contributed by atoms with E-state index in [1.165, 1.54) is 7.11 Å². The maximum Gasteiger partial charge on any atom is 0.255 e. The van der Waals surface area contributed by atoms with E-state index in [2.05, 4.69) is 15.6 Å². The van der Waals surface area contributed by atoms with Crippen LogP contribution in [0, 0.1) is 0 Å². The molecule has 0 spiro atoms. The van der Waals surface area contributed by atoms with Gasteiger partial charge in [0.15, 0.2) is 0 Å². The van der Waals surface area contributed by atoms with Gasteiger partial charge in [-0.15, -0.1) is 0 Å². The molecule has 2 amide bonds. The number of carbonyl (C=O) groups is 2. The fourth-order valence-corrected chi connectivity index (χ4v) is 2.64. The Morgan fingerprint density at radius 1 is 1.04 bits per heavy atom. The Morgan fingerprint density at radius 2 is 1.88 bits per heavy atom. The molecule has 2 N–H and O–H groups in total. The lowest BCUT2D eigenvalue weighted by Gasteiger charge is -2.10. The Hall–Kier alpha value is -3.41. The van der Waals surface area contributed by atoms with Gasteiger partial charge in [-0.1, -0.05) is 18.2 Å². The quantitative estimate of drug-likeness (QED) is 0.717. The van der Waals surface area contributed by atoms with Gasteiger partial charge in [0.1, 0.15) is 5.75 Å². The number of nitrogens with one attached hydrogen (secondary N) is 2. The molecule has 0 saturated carbocycles. The first kappa shape index (κ1) is 17.4. The van der Waals surface area contributed by atoms with Gasteiger partial charge in [-0.25, -0.2) is 0 Å². The Morgan fingerprint density at radius 3 is 2.73 bits per heavy atom. The van der Waals surface area contributed by atoms with Crippen molar-refractivity contribution in [2.45, 2.75) is 6.42 Å². The van der Waals surface area contributed by atoms with Crippen LogP contribution >= 0.6 is 0 Å². The standard InChI is InChI=1S/C20H19N3O3/c1-26-18-10-3-2-6-15(18)20(25)22-13-11-19(24)23-17-9-4-8-16-14(17)7-5-12-21-16/h2-10,12H,11,13H2,1H3,(H,22,25)(H,23,24). The van der Waals surface area contributed by atoms with E-state index in [1.54, 1.807) is 30.5 Å². The second-order valence-corrected chi connectivity index (χ2v) is 5.63. The lowest BCUT2D eigenvalue weighted by Crippen LogP contribution is -2.28. The number of nitrogens with zero attached hydrogens (tertiary/aromatic N) is 1. The minimum Gasteiger partial charge on any atom is -0.496 e. The summed E-state index contributed by atoms with van der Waals surface area (Å²) >= 11 is 0. The van der Waals surface area contributed by atoms with Crippen LogP contribution in [0.5, 0.6) is 5.75 Å². The molecule has 6 nitrogen and oxygen atoms in total. The van der Waals surface area contributed by atoms with Gasteiger partial charge in [0.25, 0.3) is 5.91 Å². The molecule has 6 heteroatoms. The second-order valence-electron chi connectivity index (χ2n) is 5.63. The molecule has 26 heavy (non-hydrogen) atoms. The van der Waals surface area contributed by atoms with Crippen LogP contribution in [0.25, 0.3) is 10.9 Å². The molecule has 0 unspecified atom stereocenters. The summed E-state index contributed by atoms with van der Waals surface area (Å²) in [5, 5.41) is 6.48. The largest absolute Gasteiger partial charge is 0.496 e. The third kappa shape index (κ3) is 3.97. The van der Waals surface area contributed by atoms with Crippen LogP contribution in [0.15, 0.2) is 60.8 Å². The van der Waals surface area contributed by atoms with Gasteiger partial charge in [0.05, 0.1) is 23.9 Å². The fraction of sp³-hybridized carbons (Fsp3) is 0.150. The highest BCUT2D eigenvalue weighted by atomic mass is 16.5. The van der Waals surface area contributed by atoms with Crippen molar-refractivity contribution in [3.8, 4) is 5.75 Å². The average Bonchev–Trinajstić information content (AvgIpc) is 2.68. The average molecular weight is 349 g/mol. The number of hydrogen-bond acceptors (Lipinski definition) is 4. The first-order valence-corrected chi connectivity index (χ1v) is 8.24. The molecule has 3 aromatic rings. The molecule has 132 valence electrons. The molecular formula is C20H19N3O3. The maximum absolute atomic E-state index is 12.2. The van der Waals surface area contributed by atoms with Crippen molar-refractivity contribution in [3.63, 3.8) is 0 Å². The van der Waals surface area contributed by atoms with Crippen LogP contribution in [-0.4, -0.2) is 30.5 Å². The first-order chi connectivity index (χ1) is 12.7. The first-order valence-electron chi connectivity index (χ1n) is 8.24. The molecule has 0 atom stereocenters. The summed E-state index contributed by atoms with van der Waals surface area (Å²) in [6, 6.07) is 16.2. The van der Waals surface area contributed by atoms with Gasteiger partial charge in [0, 0.05) is 24.5 Å². The number of fused-ring (bicyclic) bond motifs is 1. The number of pyridine rings is 1. The number of amides is 2. The zero-order chi connectivity index (χ0) is 18.4. The zero-order valence-corrected chi connectivity index (χ0v) is 14.4. The molecule has 1 aromatic heterocycles. The molecular weight excluding hydrogens is 330 g/mol. The molecule has 0 bridgehead atoms. The van der Waals surface area contributed by atoms with Crippen molar-refractivity contribution in [2.75, 3.05) is 19.0 Å². The van der Waals surface area contributed by atoms with E-state index in [0.29, 0.717) is 17.0 Å².